The van der Waals surface area contributed by atoms with Gasteiger partial charge in [-0.2, -0.15) is 0 Å². The fourth-order valence-electron chi connectivity index (χ4n) is 7.79. The molecule has 246 valence electrons. The Labute approximate surface area is 275 Å². The molecule has 4 aliphatic heterocycles. The van der Waals surface area contributed by atoms with Crippen LogP contribution >= 0.6 is 15.9 Å². The second-order valence-corrected chi connectivity index (χ2v) is 14.2. The Hall–Kier alpha value is -2.57. The average Bonchev–Trinajstić information content (AvgIpc) is 3.64. The third kappa shape index (κ3) is 6.39. The van der Waals surface area contributed by atoms with Gasteiger partial charge in [0.1, 0.15) is 11.6 Å². The Morgan fingerprint density at radius 2 is 1.82 bits per heavy atom. The highest BCUT2D eigenvalue weighted by atomic mass is 79.9. The Kier molecular flexibility index (Phi) is 10.9. The van der Waals surface area contributed by atoms with Crippen molar-refractivity contribution in [2.45, 2.75) is 55.3 Å². The normalized spacial score (nSPS) is 29.9. The van der Waals surface area contributed by atoms with Crippen molar-refractivity contribution in [2.24, 2.45) is 17.8 Å². The zero-order valence-electron chi connectivity index (χ0n) is 26.4. The smallest absolute Gasteiger partial charge is 0.248 e. The number of morpholine rings is 1. The van der Waals surface area contributed by atoms with Gasteiger partial charge in [0.25, 0.3) is 0 Å². The number of aliphatic hydroxyl groups excluding tert-OH is 1. The van der Waals surface area contributed by atoms with E-state index in [-0.39, 0.29) is 41.6 Å². The fourth-order valence-corrected chi connectivity index (χ4v) is 8.73. The Morgan fingerprint density at radius 1 is 1.13 bits per heavy atom. The summed E-state index contributed by atoms with van der Waals surface area (Å²) in [6.45, 7) is 16.1. The first-order chi connectivity index (χ1) is 21.7. The molecule has 2 bridgehead atoms. The van der Waals surface area contributed by atoms with Gasteiger partial charge in [0.2, 0.25) is 17.7 Å². The summed E-state index contributed by atoms with van der Waals surface area (Å²) in [6.07, 6.45) is 3.70. The van der Waals surface area contributed by atoms with E-state index in [2.05, 4.69) is 34.0 Å². The number of carbonyl (C=O) groups is 3. The summed E-state index contributed by atoms with van der Waals surface area (Å²) in [5.41, 5.74) is -0.513. The van der Waals surface area contributed by atoms with Crippen LogP contribution in [0.3, 0.4) is 0 Å². The number of halogens is 1. The summed E-state index contributed by atoms with van der Waals surface area (Å²) < 4.78 is 12.3. The van der Waals surface area contributed by atoms with Crippen LogP contribution in [0.1, 0.15) is 26.7 Å². The molecule has 1 spiro atoms. The number of amides is 3. The topological polar surface area (TPSA) is 103 Å². The first kappa shape index (κ1) is 33.8. The molecule has 1 aromatic carbocycles. The van der Waals surface area contributed by atoms with E-state index < -0.39 is 35.6 Å². The minimum Gasteiger partial charge on any atom is -0.394 e. The van der Waals surface area contributed by atoms with Crippen LogP contribution in [-0.4, -0.2) is 125 Å². The SMILES string of the molecule is C=CCN(CCN1CCOCC1)C(=O)C1N([C@@H](CO)CC(C)C)C(=O)[C@@H]2[C@@H](C(=O)N(CC=C)c3ccccc3)[C@@H]3OC12CC3Br. The lowest BCUT2D eigenvalue weighted by Gasteiger charge is -2.40. The molecule has 1 N–H and O–H groups in total. The van der Waals surface area contributed by atoms with Crippen molar-refractivity contribution in [3.63, 3.8) is 0 Å². The molecule has 4 saturated heterocycles. The highest BCUT2D eigenvalue weighted by molar-refractivity contribution is 9.09. The van der Waals surface area contributed by atoms with Gasteiger partial charge in [-0.05, 0) is 30.9 Å². The number of likely N-dealkylation sites (tertiary alicyclic amines) is 1. The van der Waals surface area contributed by atoms with Crippen molar-refractivity contribution < 1.29 is 29.0 Å². The quantitative estimate of drug-likeness (QED) is 0.237. The highest BCUT2D eigenvalue weighted by Crippen LogP contribution is 2.61. The minimum atomic E-state index is -1.22. The zero-order valence-corrected chi connectivity index (χ0v) is 28.0. The number of aliphatic hydroxyl groups is 1. The molecule has 4 fully saturated rings. The third-order valence-electron chi connectivity index (χ3n) is 9.69. The Morgan fingerprint density at radius 3 is 2.44 bits per heavy atom. The molecule has 4 heterocycles. The molecule has 0 radical (unpaired) electrons. The summed E-state index contributed by atoms with van der Waals surface area (Å²) in [5.74, 6) is -2.28. The van der Waals surface area contributed by atoms with Gasteiger partial charge >= 0.3 is 0 Å². The standard InChI is InChI=1S/C34H47BrN4O6/c1-5-12-37(15-14-36-16-18-44-19-17-36)33(43)30-34-21-26(35)29(45-34)27(28(34)32(42)39(30)25(22-40)20-23(3)4)31(41)38(13-6-2)24-10-8-7-9-11-24/h5-11,23,25-30,40H,1-2,12-22H2,3-4H3/t25-,26?,27-,28+,29-,30?,34?/m1/s1. The molecule has 5 rings (SSSR count). The van der Waals surface area contributed by atoms with Crippen LogP contribution in [0.5, 0.6) is 0 Å². The number of ether oxygens (including phenoxy) is 2. The van der Waals surface area contributed by atoms with Gasteiger partial charge < -0.3 is 29.3 Å². The van der Waals surface area contributed by atoms with Crippen molar-refractivity contribution in [2.75, 3.05) is 64.0 Å². The molecule has 10 nitrogen and oxygen atoms in total. The number of fused-ring (bicyclic) bond motifs is 1. The summed E-state index contributed by atoms with van der Waals surface area (Å²) >= 11 is 3.79. The average molecular weight is 688 g/mol. The summed E-state index contributed by atoms with van der Waals surface area (Å²) in [5, 5.41) is 10.6. The van der Waals surface area contributed by atoms with Crippen LogP contribution in [0, 0.1) is 17.8 Å². The van der Waals surface area contributed by atoms with E-state index in [4.69, 9.17) is 9.47 Å². The highest BCUT2D eigenvalue weighted by Gasteiger charge is 2.77. The lowest BCUT2D eigenvalue weighted by molar-refractivity contribution is -0.151. The lowest BCUT2D eigenvalue weighted by atomic mass is 9.70. The molecule has 3 unspecified atom stereocenters. The van der Waals surface area contributed by atoms with Crippen molar-refractivity contribution in [3.05, 3.63) is 55.6 Å². The Bertz CT molecular complexity index is 1240. The van der Waals surface area contributed by atoms with Crippen LogP contribution in [0.2, 0.25) is 0 Å². The third-order valence-corrected chi connectivity index (χ3v) is 10.5. The minimum absolute atomic E-state index is 0.161. The van der Waals surface area contributed by atoms with Gasteiger partial charge in [-0.25, -0.2) is 0 Å². The summed E-state index contributed by atoms with van der Waals surface area (Å²) in [7, 11) is 0. The van der Waals surface area contributed by atoms with Crippen molar-refractivity contribution in [3.8, 4) is 0 Å². The van der Waals surface area contributed by atoms with Crippen LogP contribution in [0.15, 0.2) is 55.6 Å². The number of para-hydroxylation sites is 1. The van der Waals surface area contributed by atoms with Crippen LogP contribution in [0.25, 0.3) is 0 Å². The van der Waals surface area contributed by atoms with Gasteiger partial charge in [0.05, 0.1) is 43.8 Å². The maximum atomic E-state index is 14.8. The molecule has 4 aliphatic rings. The molecule has 11 heteroatoms. The van der Waals surface area contributed by atoms with Gasteiger partial charge in [0, 0.05) is 49.8 Å². The number of alkyl halides is 1. The van der Waals surface area contributed by atoms with E-state index in [0.29, 0.717) is 51.4 Å². The number of nitrogens with zero attached hydrogens (tertiary/aromatic N) is 4. The van der Waals surface area contributed by atoms with Gasteiger partial charge in [0.15, 0.2) is 0 Å². The largest absolute Gasteiger partial charge is 0.394 e. The van der Waals surface area contributed by atoms with E-state index in [0.717, 1.165) is 13.1 Å². The van der Waals surface area contributed by atoms with E-state index in [1.54, 1.807) is 26.9 Å². The van der Waals surface area contributed by atoms with Crippen LogP contribution in [0.4, 0.5) is 5.69 Å². The van der Waals surface area contributed by atoms with E-state index in [1.807, 2.05) is 44.2 Å². The molecular weight excluding hydrogens is 640 g/mol. The monoisotopic (exact) mass is 686 g/mol. The number of hydrogen-bond acceptors (Lipinski definition) is 7. The van der Waals surface area contributed by atoms with Gasteiger partial charge in [-0.1, -0.05) is 60.1 Å². The lowest BCUT2D eigenvalue weighted by Crippen LogP contribution is -2.60. The molecule has 45 heavy (non-hydrogen) atoms. The fraction of sp³-hybridized carbons (Fsp3) is 0.618. The molecule has 3 amide bonds. The van der Waals surface area contributed by atoms with E-state index in [1.165, 1.54) is 0 Å². The molecule has 0 aromatic heterocycles. The number of carbonyl (C=O) groups excluding carboxylic acids is 3. The number of anilines is 1. The number of hydrogen-bond donors (Lipinski definition) is 1. The number of benzene rings is 1. The molecule has 1 aromatic rings. The van der Waals surface area contributed by atoms with E-state index in [9.17, 15) is 19.5 Å². The second kappa shape index (κ2) is 14.5. The first-order valence-electron chi connectivity index (χ1n) is 16.1. The van der Waals surface area contributed by atoms with Gasteiger partial charge in [-0.15, -0.1) is 13.2 Å². The van der Waals surface area contributed by atoms with Crippen LogP contribution in [-0.2, 0) is 23.9 Å². The first-order valence-corrected chi connectivity index (χ1v) is 17.0. The molecular formula is C34H47BrN4O6. The summed E-state index contributed by atoms with van der Waals surface area (Å²) in [6, 6.07) is 7.76. The maximum absolute atomic E-state index is 14.8. The van der Waals surface area contributed by atoms with Crippen LogP contribution < -0.4 is 4.90 Å². The summed E-state index contributed by atoms with van der Waals surface area (Å²) in [4.78, 5) is 51.0. The number of rotatable bonds is 14. The van der Waals surface area contributed by atoms with Crippen molar-refractivity contribution >= 4 is 39.3 Å². The second-order valence-electron chi connectivity index (χ2n) is 13.0. The zero-order chi connectivity index (χ0) is 32.3. The molecule has 0 saturated carbocycles. The molecule has 0 aliphatic carbocycles. The van der Waals surface area contributed by atoms with Crippen molar-refractivity contribution in [1.82, 2.24) is 14.7 Å². The predicted octanol–water partition coefficient (Wildman–Crippen LogP) is 2.71. The van der Waals surface area contributed by atoms with Gasteiger partial charge in [-0.3, -0.25) is 19.3 Å². The maximum Gasteiger partial charge on any atom is 0.248 e. The predicted molar refractivity (Wildman–Crippen MR) is 176 cm³/mol. The molecule has 7 atom stereocenters. The van der Waals surface area contributed by atoms with Crippen molar-refractivity contribution in [1.29, 1.82) is 0 Å². The van der Waals surface area contributed by atoms with E-state index >= 15 is 0 Å². The Balaban J connectivity index is 1.54.